The number of fused-ring (bicyclic) bond motifs is 1. The van der Waals surface area contributed by atoms with Crippen LogP contribution < -0.4 is 4.90 Å². The maximum atomic E-state index is 11.5. The first kappa shape index (κ1) is 10.5. The molecule has 1 aromatic carbocycles. The second-order valence-corrected chi connectivity index (χ2v) is 4.47. The molecule has 0 saturated carbocycles. The van der Waals surface area contributed by atoms with Gasteiger partial charge in [0.1, 0.15) is 5.78 Å². The van der Waals surface area contributed by atoms with Crippen molar-refractivity contribution in [3.8, 4) is 0 Å². The number of Topliss-reactive ketones (excluding diaryl/α,β-unsaturated/α-hetero) is 1. The average Bonchev–Trinajstić information content (AvgIpc) is 2.33. The molecule has 1 heterocycles. The fourth-order valence-corrected chi connectivity index (χ4v) is 2.26. The molecule has 80 valence electrons. The molecule has 3 heteroatoms. The lowest BCUT2D eigenvalue weighted by Gasteiger charge is -2.21. The Hall–Kier alpha value is -1.02. The minimum absolute atomic E-state index is 0.308. The molecule has 0 amide bonds. The van der Waals surface area contributed by atoms with Gasteiger partial charge >= 0.3 is 0 Å². The molecule has 0 fully saturated rings. The summed E-state index contributed by atoms with van der Waals surface area (Å²) >= 11 is 6.09. The van der Waals surface area contributed by atoms with Gasteiger partial charge in [0.05, 0.1) is 0 Å². The average molecular weight is 224 g/mol. The maximum Gasteiger partial charge on any atom is 0.139 e. The van der Waals surface area contributed by atoms with Gasteiger partial charge in [-0.1, -0.05) is 17.7 Å². The molecule has 0 aliphatic carbocycles. The second-order valence-electron chi connectivity index (χ2n) is 4.07. The number of halogens is 1. The van der Waals surface area contributed by atoms with Crippen molar-refractivity contribution in [1.29, 1.82) is 0 Å². The molecule has 0 N–H and O–H groups in total. The van der Waals surface area contributed by atoms with Gasteiger partial charge in [-0.15, -0.1) is 0 Å². The molecule has 1 aliphatic rings. The molecule has 0 unspecified atom stereocenters. The number of hydrogen-bond donors (Lipinski definition) is 0. The Morgan fingerprint density at radius 3 is 2.87 bits per heavy atom. The van der Waals surface area contributed by atoms with Crippen LogP contribution in [0.2, 0.25) is 5.02 Å². The minimum atomic E-state index is 0.308. The zero-order chi connectivity index (χ0) is 11.0. The highest BCUT2D eigenvalue weighted by molar-refractivity contribution is 6.31. The van der Waals surface area contributed by atoms with Gasteiger partial charge in [0.2, 0.25) is 0 Å². The van der Waals surface area contributed by atoms with Crippen LogP contribution in [0, 0.1) is 6.92 Å². The lowest BCUT2D eigenvalue weighted by atomic mass is 10.0. The summed E-state index contributed by atoms with van der Waals surface area (Å²) in [6, 6.07) is 3.84. The summed E-state index contributed by atoms with van der Waals surface area (Å²) in [6.45, 7) is 2.79. The van der Waals surface area contributed by atoms with Crippen molar-refractivity contribution < 1.29 is 4.79 Å². The highest BCUT2D eigenvalue weighted by atomic mass is 35.5. The fraction of sp³-hybridized carbons (Fsp3) is 0.417. The van der Waals surface area contributed by atoms with Crippen molar-refractivity contribution in [2.75, 3.05) is 18.5 Å². The third kappa shape index (κ3) is 1.86. The van der Waals surface area contributed by atoms with E-state index in [1.54, 1.807) is 0 Å². The number of rotatable bonds is 0. The summed E-state index contributed by atoms with van der Waals surface area (Å²) in [5, 5.41) is 0.773. The van der Waals surface area contributed by atoms with Crippen LogP contribution in [0.3, 0.4) is 0 Å². The van der Waals surface area contributed by atoms with Gasteiger partial charge in [-0.25, -0.2) is 0 Å². The summed E-state index contributed by atoms with van der Waals surface area (Å²) in [5.74, 6) is 0.308. The summed E-state index contributed by atoms with van der Waals surface area (Å²) in [7, 11) is 2.01. The molecule has 1 aliphatic heterocycles. The Bertz CT molecular complexity index is 414. The zero-order valence-electron chi connectivity index (χ0n) is 9.01. The van der Waals surface area contributed by atoms with Crippen LogP contribution in [0.1, 0.15) is 17.5 Å². The Morgan fingerprint density at radius 1 is 1.40 bits per heavy atom. The molecule has 2 nitrogen and oxygen atoms in total. The molecule has 0 aromatic heterocycles. The van der Waals surface area contributed by atoms with E-state index in [2.05, 4.69) is 4.90 Å². The van der Waals surface area contributed by atoms with E-state index in [-0.39, 0.29) is 0 Å². The normalized spacial score (nSPS) is 16.2. The summed E-state index contributed by atoms with van der Waals surface area (Å²) in [5.41, 5.74) is 3.31. The number of nitrogens with zero attached hydrogens (tertiary/aromatic N) is 1. The SMILES string of the molecule is Cc1c(Cl)ccc2c1N(C)CCC(=O)C2. The predicted molar refractivity (Wildman–Crippen MR) is 62.8 cm³/mol. The standard InChI is InChI=1S/C12H14ClNO/c1-8-11(13)4-3-9-7-10(15)5-6-14(2)12(8)9/h3-4H,5-7H2,1-2H3. The quantitative estimate of drug-likeness (QED) is 0.674. The van der Waals surface area contributed by atoms with E-state index in [1.165, 1.54) is 0 Å². The molecule has 0 bridgehead atoms. The molecule has 0 spiro atoms. The Balaban J connectivity index is 2.57. The van der Waals surface area contributed by atoms with Crippen molar-refractivity contribution in [3.63, 3.8) is 0 Å². The molecule has 2 rings (SSSR count). The van der Waals surface area contributed by atoms with E-state index in [9.17, 15) is 4.79 Å². The first-order valence-electron chi connectivity index (χ1n) is 5.10. The van der Waals surface area contributed by atoms with Crippen LogP contribution >= 0.6 is 11.6 Å². The fourth-order valence-electron chi connectivity index (χ4n) is 2.11. The van der Waals surface area contributed by atoms with Gasteiger partial charge in [0, 0.05) is 37.1 Å². The van der Waals surface area contributed by atoms with Crippen molar-refractivity contribution in [2.24, 2.45) is 0 Å². The van der Waals surface area contributed by atoms with Crippen molar-refractivity contribution in [1.82, 2.24) is 0 Å². The second kappa shape index (κ2) is 3.86. The van der Waals surface area contributed by atoms with E-state index in [1.807, 2.05) is 26.1 Å². The summed E-state index contributed by atoms with van der Waals surface area (Å²) in [4.78, 5) is 13.7. The van der Waals surface area contributed by atoms with E-state index >= 15 is 0 Å². The van der Waals surface area contributed by atoms with Crippen molar-refractivity contribution >= 4 is 23.1 Å². The lowest BCUT2D eigenvalue weighted by molar-refractivity contribution is -0.118. The minimum Gasteiger partial charge on any atom is -0.374 e. The Morgan fingerprint density at radius 2 is 2.13 bits per heavy atom. The molecular formula is C12H14ClNO. The zero-order valence-corrected chi connectivity index (χ0v) is 9.77. The van der Waals surface area contributed by atoms with E-state index < -0.39 is 0 Å². The molecular weight excluding hydrogens is 210 g/mol. The van der Waals surface area contributed by atoms with Crippen molar-refractivity contribution in [3.05, 3.63) is 28.3 Å². The number of carbonyl (C=O) groups is 1. The molecule has 0 saturated heterocycles. The van der Waals surface area contributed by atoms with Gasteiger partial charge in [-0.3, -0.25) is 4.79 Å². The molecule has 1 aromatic rings. The maximum absolute atomic E-state index is 11.5. The lowest BCUT2D eigenvalue weighted by Crippen LogP contribution is -2.19. The first-order chi connectivity index (χ1) is 7.09. The van der Waals surface area contributed by atoms with Gasteiger partial charge in [0.25, 0.3) is 0 Å². The Kier molecular flexibility index (Phi) is 2.70. The van der Waals surface area contributed by atoms with E-state index in [0.717, 1.165) is 28.4 Å². The third-order valence-electron chi connectivity index (χ3n) is 2.94. The predicted octanol–water partition coefficient (Wildman–Crippen LogP) is 2.60. The highest BCUT2D eigenvalue weighted by Crippen LogP contribution is 2.32. The number of anilines is 1. The third-order valence-corrected chi connectivity index (χ3v) is 3.35. The van der Waals surface area contributed by atoms with Crippen LogP contribution in [0.5, 0.6) is 0 Å². The van der Waals surface area contributed by atoms with Gasteiger partial charge in [-0.2, -0.15) is 0 Å². The smallest absolute Gasteiger partial charge is 0.139 e. The van der Waals surface area contributed by atoms with Crippen LogP contribution in [0.15, 0.2) is 12.1 Å². The largest absolute Gasteiger partial charge is 0.374 e. The Labute approximate surface area is 94.8 Å². The topological polar surface area (TPSA) is 20.3 Å². The number of benzene rings is 1. The highest BCUT2D eigenvalue weighted by Gasteiger charge is 2.19. The first-order valence-corrected chi connectivity index (χ1v) is 5.48. The summed E-state index contributed by atoms with van der Waals surface area (Å²) < 4.78 is 0. The van der Waals surface area contributed by atoms with Crippen LogP contribution in [0.25, 0.3) is 0 Å². The van der Waals surface area contributed by atoms with Crippen LogP contribution in [0.4, 0.5) is 5.69 Å². The van der Waals surface area contributed by atoms with Gasteiger partial charge in [-0.05, 0) is 24.1 Å². The van der Waals surface area contributed by atoms with Crippen molar-refractivity contribution in [2.45, 2.75) is 19.8 Å². The van der Waals surface area contributed by atoms with E-state index in [4.69, 9.17) is 11.6 Å². The molecule has 0 radical (unpaired) electrons. The number of hydrogen-bond acceptors (Lipinski definition) is 2. The monoisotopic (exact) mass is 223 g/mol. The van der Waals surface area contributed by atoms with Gasteiger partial charge < -0.3 is 4.90 Å². The van der Waals surface area contributed by atoms with Gasteiger partial charge in [0.15, 0.2) is 0 Å². The van der Waals surface area contributed by atoms with Crippen LogP contribution in [-0.2, 0) is 11.2 Å². The van der Waals surface area contributed by atoms with E-state index in [0.29, 0.717) is 18.6 Å². The van der Waals surface area contributed by atoms with Crippen LogP contribution in [-0.4, -0.2) is 19.4 Å². The summed E-state index contributed by atoms with van der Waals surface area (Å²) in [6.07, 6.45) is 1.17. The number of carbonyl (C=O) groups excluding carboxylic acids is 1. The number of ketones is 1. The molecule has 15 heavy (non-hydrogen) atoms. The molecule has 0 atom stereocenters.